The van der Waals surface area contributed by atoms with E-state index in [9.17, 15) is 13.9 Å². The van der Waals surface area contributed by atoms with Gasteiger partial charge in [0.05, 0.1) is 13.7 Å². The zero-order valence-corrected chi connectivity index (χ0v) is 25.9. The van der Waals surface area contributed by atoms with Crippen molar-refractivity contribution in [1.29, 1.82) is 0 Å². The number of halogens is 2. The van der Waals surface area contributed by atoms with Gasteiger partial charge < -0.3 is 19.3 Å². The van der Waals surface area contributed by atoms with Crippen LogP contribution >= 0.6 is 0 Å². The van der Waals surface area contributed by atoms with Crippen molar-refractivity contribution in [2.75, 3.05) is 46.4 Å². The molecule has 2 aromatic heterocycles. The fourth-order valence-corrected chi connectivity index (χ4v) is 6.39. The number of rotatable bonds is 17. The highest BCUT2D eigenvalue weighted by Gasteiger charge is 2.36. The van der Waals surface area contributed by atoms with E-state index < -0.39 is 17.2 Å². The van der Waals surface area contributed by atoms with Crippen LogP contribution in [-0.4, -0.2) is 80.6 Å². The van der Waals surface area contributed by atoms with E-state index in [2.05, 4.69) is 48.8 Å². The van der Waals surface area contributed by atoms with Gasteiger partial charge in [0, 0.05) is 68.0 Å². The molecule has 8 nitrogen and oxygen atoms in total. The molecule has 1 saturated heterocycles. The molecule has 0 amide bonds. The smallest absolute Gasteiger partial charge is 0.137 e. The van der Waals surface area contributed by atoms with Crippen LogP contribution in [0.4, 0.5) is 8.78 Å². The molecule has 238 valence electrons. The van der Waals surface area contributed by atoms with Crippen molar-refractivity contribution in [2.45, 2.75) is 70.1 Å². The molecule has 5 rings (SSSR count). The largest absolute Gasteiger partial charge is 0.497 e. The number of piperazine rings is 1. The van der Waals surface area contributed by atoms with Gasteiger partial charge in [-0.2, -0.15) is 5.10 Å². The number of benzene rings is 2. The molecule has 1 unspecified atom stereocenters. The molecule has 1 atom stereocenters. The third kappa shape index (κ3) is 8.64. The minimum atomic E-state index is -1.56. The van der Waals surface area contributed by atoms with E-state index in [0.717, 1.165) is 51.1 Å². The molecular formula is C34H46F2N6O2. The Kier molecular flexibility index (Phi) is 11.4. The molecule has 0 saturated carbocycles. The fraction of sp³-hybridized carbons (Fsp3) is 0.529. The highest BCUT2D eigenvalue weighted by Crippen LogP contribution is 2.28. The van der Waals surface area contributed by atoms with Crippen molar-refractivity contribution in [3.63, 3.8) is 0 Å². The Hall–Kier alpha value is -3.34. The molecule has 1 fully saturated rings. The second-order valence-electron chi connectivity index (χ2n) is 12.1. The van der Waals surface area contributed by atoms with Crippen LogP contribution < -0.4 is 4.74 Å². The third-order valence-corrected chi connectivity index (χ3v) is 8.87. The van der Waals surface area contributed by atoms with E-state index >= 15 is 0 Å². The van der Waals surface area contributed by atoms with Crippen LogP contribution in [0.3, 0.4) is 0 Å². The number of fused-ring (bicyclic) bond motifs is 1. The molecule has 2 aromatic carbocycles. The lowest BCUT2D eigenvalue weighted by Gasteiger charge is -2.39. The molecule has 0 aliphatic carbocycles. The number of nitrogens with zero attached hydrogens (tertiary/aromatic N) is 6. The van der Waals surface area contributed by atoms with Gasteiger partial charge in [-0.1, -0.05) is 44.6 Å². The molecule has 0 bridgehead atoms. The normalized spacial score (nSPS) is 16.0. The van der Waals surface area contributed by atoms with Gasteiger partial charge in [0.1, 0.15) is 35.6 Å². The monoisotopic (exact) mass is 608 g/mol. The molecule has 3 heterocycles. The third-order valence-electron chi connectivity index (χ3n) is 8.87. The van der Waals surface area contributed by atoms with Crippen LogP contribution in [0.25, 0.3) is 10.9 Å². The Morgan fingerprint density at radius 1 is 0.818 bits per heavy atom. The lowest BCUT2D eigenvalue weighted by molar-refractivity contribution is -0.0319. The van der Waals surface area contributed by atoms with E-state index in [0.29, 0.717) is 0 Å². The number of aromatic nitrogens is 4. The summed E-state index contributed by atoms with van der Waals surface area (Å²) in [4.78, 5) is 8.58. The predicted octanol–water partition coefficient (Wildman–Crippen LogP) is 5.85. The van der Waals surface area contributed by atoms with E-state index in [1.807, 2.05) is 6.07 Å². The van der Waals surface area contributed by atoms with Crippen LogP contribution in [-0.2, 0) is 18.7 Å². The highest BCUT2D eigenvalue weighted by atomic mass is 19.1. The Labute approximate surface area is 259 Å². The quantitative estimate of drug-likeness (QED) is 0.152. The van der Waals surface area contributed by atoms with E-state index in [4.69, 9.17) is 4.74 Å². The Bertz CT molecular complexity index is 1440. The van der Waals surface area contributed by atoms with Gasteiger partial charge in [-0.3, -0.25) is 4.90 Å². The second-order valence-corrected chi connectivity index (χ2v) is 12.1. The van der Waals surface area contributed by atoms with Crippen LogP contribution in [0.15, 0.2) is 61.3 Å². The van der Waals surface area contributed by atoms with Gasteiger partial charge in [-0.25, -0.2) is 18.4 Å². The number of aryl methyl sites for hydroxylation is 1. The number of ether oxygens (including phenoxy) is 1. The summed E-state index contributed by atoms with van der Waals surface area (Å²) in [5.74, 6) is -0.512. The maximum absolute atomic E-state index is 14.7. The average molecular weight is 609 g/mol. The summed E-state index contributed by atoms with van der Waals surface area (Å²) in [5, 5.41) is 16.9. The molecule has 44 heavy (non-hydrogen) atoms. The van der Waals surface area contributed by atoms with Crippen molar-refractivity contribution >= 4 is 10.9 Å². The molecule has 4 aromatic rings. The number of hydrogen-bond donors (Lipinski definition) is 1. The first kappa shape index (κ1) is 32.1. The Balaban J connectivity index is 0.943. The lowest BCUT2D eigenvalue weighted by Crippen LogP contribution is -2.52. The first-order chi connectivity index (χ1) is 21.4. The van der Waals surface area contributed by atoms with Gasteiger partial charge in [0.25, 0.3) is 0 Å². The predicted molar refractivity (Wildman–Crippen MR) is 169 cm³/mol. The maximum atomic E-state index is 14.7. The van der Waals surface area contributed by atoms with Crippen LogP contribution in [0.1, 0.15) is 56.9 Å². The standard InChI is InChI=1S/C34H46F2N6O2/c1-44-30-11-13-33-28(22-30)14-17-41(33)16-9-7-5-3-2-4-6-8-15-39-18-20-40(21-19-39)24-34(43,25-42-27-37-26-38-42)31-12-10-29(35)23-32(31)36/h10-14,17,22-23,26-27,43H,2-9,15-16,18-21,24-25H2,1H3. The molecule has 0 spiro atoms. The summed E-state index contributed by atoms with van der Waals surface area (Å²) in [7, 11) is 1.71. The summed E-state index contributed by atoms with van der Waals surface area (Å²) in [6.07, 6.45) is 15.1. The number of hydrogen-bond acceptors (Lipinski definition) is 6. The Morgan fingerprint density at radius 3 is 2.20 bits per heavy atom. The SMILES string of the molecule is COc1ccc2c(ccn2CCCCCCCCCCN2CCN(CC(O)(Cn3cncn3)c3ccc(F)cc3F)CC2)c1. The van der Waals surface area contributed by atoms with Gasteiger partial charge >= 0.3 is 0 Å². The highest BCUT2D eigenvalue weighted by molar-refractivity contribution is 5.81. The first-order valence-corrected chi connectivity index (χ1v) is 16.0. The van der Waals surface area contributed by atoms with Crippen molar-refractivity contribution in [3.8, 4) is 5.75 Å². The minimum Gasteiger partial charge on any atom is -0.497 e. The maximum Gasteiger partial charge on any atom is 0.137 e. The van der Waals surface area contributed by atoms with E-state index in [1.54, 1.807) is 7.11 Å². The number of methoxy groups -OCH3 is 1. The number of β-amino-alcohol motifs (C(OH)–C–C–N with tert-alkyl or cyclic N) is 1. The summed E-state index contributed by atoms with van der Waals surface area (Å²) in [6, 6.07) is 11.8. The van der Waals surface area contributed by atoms with Gasteiger partial charge in [-0.15, -0.1) is 0 Å². The summed E-state index contributed by atoms with van der Waals surface area (Å²) >= 11 is 0. The van der Waals surface area contributed by atoms with Crippen LogP contribution in [0.5, 0.6) is 5.75 Å². The summed E-state index contributed by atoms with van der Waals surface area (Å²) < 4.78 is 37.5. The van der Waals surface area contributed by atoms with E-state index in [1.165, 1.54) is 91.7 Å². The molecular weight excluding hydrogens is 562 g/mol. The topological polar surface area (TPSA) is 71.6 Å². The molecule has 10 heteroatoms. The number of aliphatic hydroxyl groups is 1. The van der Waals surface area contributed by atoms with Gasteiger partial charge in [0.15, 0.2) is 0 Å². The van der Waals surface area contributed by atoms with E-state index in [-0.39, 0.29) is 18.7 Å². The molecule has 1 aliphatic heterocycles. The Morgan fingerprint density at radius 2 is 1.52 bits per heavy atom. The van der Waals surface area contributed by atoms with Gasteiger partial charge in [0.2, 0.25) is 0 Å². The zero-order chi connectivity index (χ0) is 30.8. The first-order valence-electron chi connectivity index (χ1n) is 16.0. The van der Waals surface area contributed by atoms with Crippen molar-refractivity contribution in [3.05, 3.63) is 78.5 Å². The van der Waals surface area contributed by atoms with Crippen LogP contribution in [0, 0.1) is 11.6 Å². The van der Waals surface area contributed by atoms with Crippen LogP contribution in [0.2, 0.25) is 0 Å². The van der Waals surface area contributed by atoms with Crippen molar-refractivity contribution < 1.29 is 18.6 Å². The van der Waals surface area contributed by atoms with Gasteiger partial charge in [-0.05, 0) is 49.7 Å². The zero-order valence-electron chi connectivity index (χ0n) is 25.9. The molecule has 1 aliphatic rings. The second kappa shape index (κ2) is 15.6. The van der Waals surface area contributed by atoms with Crippen molar-refractivity contribution in [1.82, 2.24) is 29.1 Å². The van der Waals surface area contributed by atoms with Crippen molar-refractivity contribution in [2.24, 2.45) is 0 Å². The average Bonchev–Trinajstić information content (AvgIpc) is 3.68. The summed E-state index contributed by atoms with van der Waals surface area (Å²) in [6.45, 7) is 5.82. The summed E-state index contributed by atoms with van der Waals surface area (Å²) in [5.41, 5.74) is -0.205. The fourth-order valence-electron chi connectivity index (χ4n) is 6.39. The molecule has 0 radical (unpaired) electrons. The minimum absolute atomic E-state index is 0.0378. The number of unbranched alkanes of at least 4 members (excludes halogenated alkanes) is 7. The lowest BCUT2D eigenvalue weighted by atomic mass is 9.92. The molecule has 1 N–H and O–H groups in total.